The van der Waals surface area contributed by atoms with Crippen LogP contribution in [0.15, 0.2) is 29.8 Å². The molecule has 6 rings (SSSR count). The van der Waals surface area contributed by atoms with E-state index >= 15 is 0 Å². The number of benzene rings is 1. The van der Waals surface area contributed by atoms with Gasteiger partial charge in [-0.15, -0.1) is 0 Å². The zero-order valence-corrected chi connectivity index (χ0v) is 19.9. The summed E-state index contributed by atoms with van der Waals surface area (Å²) in [4.78, 5) is 0. The third-order valence-corrected chi connectivity index (χ3v) is 10.4. The molecule has 4 bridgehead atoms. The number of allylic oxidation sites excluding steroid dienone is 2. The minimum absolute atomic E-state index is 0.362. The Labute approximate surface area is 174 Å². The second-order valence-corrected chi connectivity index (χ2v) is 11.7. The van der Waals surface area contributed by atoms with Gasteiger partial charge in [0.05, 0.1) is 0 Å². The molecule has 5 aliphatic rings. The van der Waals surface area contributed by atoms with E-state index in [0.29, 0.717) is 27.6 Å². The number of fused-ring (bicyclic) bond motifs is 3. The standard InChI is InChI=1S/C26H36.C2H6/c1-16-18-10-8-9-11-19(18)20-13-12-17-14-25(6)15-26(7,21(16)20)22(17)23(2,3)24(25,4)5;1-2/h8-11,16-17,22H,12-15H2,1-7H3;1-2H3. The summed E-state index contributed by atoms with van der Waals surface area (Å²) in [5.74, 6) is 2.31. The Morgan fingerprint density at radius 2 is 1.57 bits per heavy atom. The van der Waals surface area contributed by atoms with Crippen LogP contribution in [-0.4, -0.2) is 0 Å². The van der Waals surface area contributed by atoms with Gasteiger partial charge in [0.15, 0.2) is 0 Å². The van der Waals surface area contributed by atoms with Crippen LogP contribution in [-0.2, 0) is 0 Å². The molecule has 5 aliphatic carbocycles. The van der Waals surface area contributed by atoms with E-state index in [1.165, 1.54) is 25.7 Å². The van der Waals surface area contributed by atoms with Gasteiger partial charge in [-0.2, -0.15) is 0 Å². The van der Waals surface area contributed by atoms with Crippen molar-refractivity contribution in [2.24, 2.45) is 33.5 Å². The molecule has 0 N–H and O–H groups in total. The maximum atomic E-state index is 2.67. The van der Waals surface area contributed by atoms with E-state index in [-0.39, 0.29) is 0 Å². The van der Waals surface area contributed by atoms with Gasteiger partial charge in [0.2, 0.25) is 0 Å². The minimum Gasteiger partial charge on any atom is -0.0683 e. The summed E-state index contributed by atoms with van der Waals surface area (Å²) in [7, 11) is 0. The summed E-state index contributed by atoms with van der Waals surface area (Å²) in [6.07, 6.45) is 5.53. The van der Waals surface area contributed by atoms with Crippen molar-refractivity contribution < 1.29 is 0 Å². The molecule has 0 amide bonds. The summed E-state index contributed by atoms with van der Waals surface area (Å²) in [6, 6.07) is 9.30. The highest BCUT2D eigenvalue weighted by molar-refractivity contribution is 5.80. The van der Waals surface area contributed by atoms with Gasteiger partial charge in [-0.1, -0.05) is 92.2 Å². The molecule has 3 fully saturated rings. The van der Waals surface area contributed by atoms with Crippen molar-refractivity contribution in [3.8, 4) is 0 Å². The van der Waals surface area contributed by atoms with Gasteiger partial charge in [-0.05, 0) is 75.9 Å². The van der Waals surface area contributed by atoms with Crippen molar-refractivity contribution in [2.45, 2.75) is 93.9 Å². The highest BCUT2D eigenvalue weighted by Crippen LogP contribution is 2.79. The van der Waals surface area contributed by atoms with E-state index in [9.17, 15) is 0 Å². The van der Waals surface area contributed by atoms with Crippen molar-refractivity contribution in [3.05, 3.63) is 41.0 Å². The van der Waals surface area contributed by atoms with Crippen LogP contribution in [0.3, 0.4) is 0 Å². The topological polar surface area (TPSA) is 0 Å². The van der Waals surface area contributed by atoms with Crippen LogP contribution in [0.1, 0.15) is 105 Å². The summed E-state index contributed by atoms with van der Waals surface area (Å²) < 4.78 is 0. The third-order valence-electron chi connectivity index (χ3n) is 10.4. The molecular weight excluding hydrogens is 336 g/mol. The summed E-state index contributed by atoms with van der Waals surface area (Å²) in [5.41, 5.74) is 8.35. The fraction of sp³-hybridized carbons (Fsp3) is 0.714. The normalized spacial score (nSPS) is 41.5. The molecule has 0 spiro atoms. The Morgan fingerprint density at radius 1 is 0.929 bits per heavy atom. The van der Waals surface area contributed by atoms with Crippen molar-refractivity contribution in [3.63, 3.8) is 0 Å². The molecule has 1 aromatic rings. The number of rotatable bonds is 0. The van der Waals surface area contributed by atoms with E-state index in [1.807, 2.05) is 19.4 Å². The Bertz CT molecular complexity index is 815. The minimum atomic E-state index is 0.362. The molecule has 154 valence electrons. The monoisotopic (exact) mass is 378 g/mol. The number of hydrogen-bond acceptors (Lipinski definition) is 0. The molecule has 0 nitrogen and oxygen atoms in total. The predicted molar refractivity (Wildman–Crippen MR) is 122 cm³/mol. The van der Waals surface area contributed by atoms with Crippen molar-refractivity contribution >= 4 is 5.57 Å². The molecule has 0 heteroatoms. The van der Waals surface area contributed by atoms with Crippen LogP contribution in [0.2, 0.25) is 0 Å². The van der Waals surface area contributed by atoms with E-state index in [4.69, 9.17) is 0 Å². The molecule has 0 aromatic heterocycles. The first kappa shape index (κ1) is 20.2. The van der Waals surface area contributed by atoms with Crippen LogP contribution < -0.4 is 0 Å². The van der Waals surface area contributed by atoms with Gasteiger partial charge in [-0.3, -0.25) is 0 Å². The molecule has 0 saturated heterocycles. The van der Waals surface area contributed by atoms with Gasteiger partial charge in [0.25, 0.3) is 0 Å². The lowest BCUT2D eigenvalue weighted by molar-refractivity contribution is -0.237. The smallest absolute Gasteiger partial charge is 0.00374 e. The van der Waals surface area contributed by atoms with Crippen molar-refractivity contribution in [1.29, 1.82) is 0 Å². The van der Waals surface area contributed by atoms with Crippen LogP contribution in [0.25, 0.3) is 5.57 Å². The van der Waals surface area contributed by atoms with Crippen LogP contribution in [0.4, 0.5) is 0 Å². The Morgan fingerprint density at radius 3 is 2.21 bits per heavy atom. The van der Waals surface area contributed by atoms with E-state index in [2.05, 4.69) is 72.7 Å². The molecule has 0 aliphatic heterocycles. The molecule has 3 saturated carbocycles. The Kier molecular flexibility index (Phi) is 4.33. The summed E-state index contributed by atoms with van der Waals surface area (Å²) in [6.45, 7) is 22.2. The highest BCUT2D eigenvalue weighted by atomic mass is 14.7. The second kappa shape index (κ2) is 5.99. The molecule has 5 atom stereocenters. The lowest BCUT2D eigenvalue weighted by Crippen LogP contribution is -2.67. The van der Waals surface area contributed by atoms with Gasteiger partial charge >= 0.3 is 0 Å². The molecule has 0 radical (unpaired) electrons. The molecular formula is C28H42. The van der Waals surface area contributed by atoms with Crippen LogP contribution in [0.5, 0.6) is 0 Å². The fourth-order valence-electron chi connectivity index (χ4n) is 8.92. The average molecular weight is 379 g/mol. The van der Waals surface area contributed by atoms with Gasteiger partial charge < -0.3 is 0 Å². The SMILES string of the molecule is CC.CC1C2=C(CCC3CC4(C)CC2(C)C3C(C)(C)C4(C)C)c2ccccc21. The lowest BCUT2D eigenvalue weighted by Gasteiger charge is -2.74. The van der Waals surface area contributed by atoms with Crippen LogP contribution >= 0.6 is 0 Å². The Hall–Kier alpha value is -1.04. The fourth-order valence-corrected chi connectivity index (χ4v) is 8.92. The second-order valence-electron chi connectivity index (χ2n) is 11.7. The van der Waals surface area contributed by atoms with E-state index in [0.717, 1.165) is 11.8 Å². The predicted octanol–water partition coefficient (Wildman–Crippen LogP) is 8.48. The lowest BCUT2D eigenvalue weighted by atomic mass is 9.31. The first-order valence-corrected chi connectivity index (χ1v) is 11.9. The van der Waals surface area contributed by atoms with E-state index in [1.54, 1.807) is 16.7 Å². The molecule has 0 heterocycles. The quantitative estimate of drug-likeness (QED) is 0.424. The van der Waals surface area contributed by atoms with Gasteiger partial charge in [-0.25, -0.2) is 0 Å². The largest absolute Gasteiger partial charge is 0.0683 e. The van der Waals surface area contributed by atoms with Crippen molar-refractivity contribution in [1.82, 2.24) is 0 Å². The zero-order valence-electron chi connectivity index (χ0n) is 19.9. The van der Waals surface area contributed by atoms with E-state index < -0.39 is 0 Å². The first-order valence-electron chi connectivity index (χ1n) is 11.9. The molecule has 28 heavy (non-hydrogen) atoms. The maximum absolute atomic E-state index is 2.67. The van der Waals surface area contributed by atoms with Crippen LogP contribution in [0, 0.1) is 33.5 Å². The zero-order chi connectivity index (χ0) is 20.7. The maximum Gasteiger partial charge on any atom is 0.00374 e. The Balaban J connectivity index is 0.000000932. The average Bonchev–Trinajstić information content (AvgIpc) is 2.87. The number of hydrogen-bond donors (Lipinski definition) is 0. The van der Waals surface area contributed by atoms with Crippen molar-refractivity contribution in [2.75, 3.05) is 0 Å². The van der Waals surface area contributed by atoms with Gasteiger partial charge in [0.1, 0.15) is 0 Å². The third kappa shape index (κ3) is 2.13. The summed E-state index contributed by atoms with van der Waals surface area (Å²) in [5, 5.41) is 0. The molecule has 5 unspecified atom stereocenters. The molecule has 1 aromatic carbocycles. The summed E-state index contributed by atoms with van der Waals surface area (Å²) >= 11 is 0. The highest BCUT2D eigenvalue weighted by Gasteiger charge is 2.71. The van der Waals surface area contributed by atoms with Gasteiger partial charge in [0, 0.05) is 5.92 Å². The first-order chi connectivity index (χ1) is 13.0.